The summed E-state index contributed by atoms with van der Waals surface area (Å²) < 4.78 is 43.6. The van der Waals surface area contributed by atoms with Crippen LogP contribution in [-0.4, -0.2) is 6.61 Å². The highest BCUT2D eigenvalue weighted by molar-refractivity contribution is 5.37. The zero-order chi connectivity index (χ0) is 13.2. The maximum Gasteiger partial charge on any atom is 0.416 e. The average molecular weight is 259 g/mol. The molecule has 2 nitrogen and oxygen atoms in total. The lowest BCUT2D eigenvalue weighted by molar-refractivity contribution is -0.138. The van der Waals surface area contributed by atoms with Crippen LogP contribution in [0.4, 0.5) is 13.2 Å². The van der Waals surface area contributed by atoms with E-state index in [-0.39, 0.29) is 17.9 Å². The molecule has 100 valence electrons. The highest BCUT2D eigenvalue weighted by Crippen LogP contribution is 2.35. The Balaban J connectivity index is 2.06. The van der Waals surface area contributed by atoms with Crippen LogP contribution in [0.5, 0.6) is 5.75 Å². The van der Waals surface area contributed by atoms with Crippen LogP contribution in [0.25, 0.3) is 0 Å². The summed E-state index contributed by atoms with van der Waals surface area (Å²) in [5, 5.41) is 0. The van der Waals surface area contributed by atoms with Crippen LogP contribution in [0.2, 0.25) is 0 Å². The molecule has 0 aromatic heterocycles. The molecule has 1 fully saturated rings. The van der Waals surface area contributed by atoms with Gasteiger partial charge in [0.25, 0.3) is 0 Å². The van der Waals surface area contributed by atoms with Gasteiger partial charge in [-0.05, 0) is 30.0 Å². The Hall–Kier alpha value is -1.23. The number of hydrogen-bond donors (Lipinski definition) is 1. The molecule has 5 heteroatoms. The van der Waals surface area contributed by atoms with Crippen molar-refractivity contribution in [1.82, 2.24) is 0 Å². The van der Waals surface area contributed by atoms with Gasteiger partial charge in [0, 0.05) is 6.54 Å². The minimum Gasteiger partial charge on any atom is -0.494 e. The van der Waals surface area contributed by atoms with Gasteiger partial charge < -0.3 is 10.5 Å². The van der Waals surface area contributed by atoms with Crippen LogP contribution in [0.15, 0.2) is 18.2 Å². The van der Waals surface area contributed by atoms with E-state index < -0.39 is 11.7 Å². The molecule has 1 saturated carbocycles. The van der Waals surface area contributed by atoms with E-state index in [1.54, 1.807) is 6.07 Å². The maximum absolute atomic E-state index is 12.8. The Morgan fingerprint density at radius 1 is 1.28 bits per heavy atom. The third kappa shape index (κ3) is 3.38. The molecule has 0 heterocycles. The van der Waals surface area contributed by atoms with Crippen LogP contribution in [0.3, 0.4) is 0 Å². The Labute approximate surface area is 104 Å². The molecule has 1 aliphatic carbocycles. The molecular formula is C13H16F3NO. The molecule has 0 atom stereocenters. The van der Waals surface area contributed by atoms with Gasteiger partial charge in [-0.2, -0.15) is 13.2 Å². The molecule has 0 radical (unpaired) electrons. The van der Waals surface area contributed by atoms with Crippen molar-refractivity contribution in [1.29, 1.82) is 0 Å². The number of benzene rings is 1. The molecule has 0 bridgehead atoms. The molecule has 0 unspecified atom stereocenters. The van der Waals surface area contributed by atoms with Crippen molar-refractivity contribution in [3.8, 4) is 5.75 Å². The second-order valence-corrected chi connectivity index (χ2v) is 4.60. The fraction of sp³-hybridized carbons (Fsp3) is 0.538. The first kappa shape index (κ1) is 13.2. The fourth-order valence-electron chi connectivity index (χ4n) is 1.84. The Bertz CT molecular complexity index is 413. The Morgan fingerprint density at radius 3 is 2.56 bits per heavy atom. The maximum atomic E-state index is 12.8. The zero-order valence-electron chi connectivity index (χ0n) is 9.96. The van der Waals surface area contributed by atoms with E-state index in [0.717, 1.165) is 12.5 Å². The van der Waals surface area contributed by atoms with E-state index >= 15 is 0 Å². The van der Waals surface area contributed by atoms with Crippen LogP contribution in [0.1, 0.15) is 30.4 Å². The van der Waals surface area contributed by atoms with Gasteiger partial charge in [0.05, 0.1) is 12.2 Å². The van der Waals surface area contributed by atoms with Crippen molar-refractivity contribution in [2.24, 2.45) is 11.7 Å². The van der Waals surface area contributed by atoms with E-state index in [1.165, 1.54) is 18.9 Å². The van der Waals surface area contributed by atoms with Gasteiger partial charge in [-0.25, -0.2) is 0 Å². The number of nitrogens with two attached hydrogens (primary N) is 1. The molecule has 0 saturated heterocycles. The molecule has 1 aromatic rings. The van der Waals surface area contributed by atoms with Crippen LogP contribution in [-0.2, 0) is 12.7 Å². The second-order valence-electron chi connectivity index (χ2n) is 4.60. The number of hydrogen-bond acceptors (Lipinski definition) is 2. The summed E-state index contributed by atoms with van der Waals surface area (Å²) in [4.78, 5) is 0. The average Bonchev–Trinajstić information content (AvgIpc) is 3.12. The predicted molar refractivity (Wildman–Crippen MR) is 62.2 cm³/mol. The minimum absolute atomic E-state index is 0.0945. The smallest absolute Gasteiger partial charge is 0.416 e. The van der Waals surface area contributed by atoms with Crippen molar-refractivity contribution in [3.63, 3.8) is 0 Å². The molecule has 2 rings (SSSR count). The van der Waals surface area contributed by atoms with Gasteiger partial charge in [-0.1, -0.05) is 18.9 Å². The molecule has 1 aromatic carbocycles. The largest absolute Gasteiger partial charge is 0.494 e. The molecule has 18 heavy (non-hydrogen) atoms. The molecule has 0 aliphatic heterocycles. The van der Waals surface area contributed by atoms with Crippen LogP contribution in [0, 0.1) is 5.92 Å². The summed E-state index contributed by atoms with van der Waals surface area (Å²) in [6.07, 6.45) is -1.04. The van der Waals surface area contributed by atoms with E-state index in [2.05, 4.69) is 0 Å². The highest BCUT2D eigenvalue weighted by Gasteiger charge is 2.33. The third-order valence-corrected chi connectivity index (χ3v) is 3.10. The molecule has 0 spiro atoms. The van der Waals surface area contributed by atoms with E-state index in [9.17, 15) is 13.2 Å². The lowest BCUT2D eigenvalue weighted by Gasteiger charge is -2.14. The van der Waals surface area contributed by atoms with Crippen molar-refractivity contribution in [3.05, 3.63) is 29.3 Å². The molecule has 0 amide bonds. The summed E-state index contributed by atoms with van der Waals surface area (Å²) in [7, 11) is 0. The first-order valence-corrected chi connectivity index (χ1v) is 6.03. The zero-order valence-corrected chi connectivity index (χ0v) is 9.96. The SMILES string of the molecule is NCc1ccc(OCCC2CC2)cc1C(F)(F)F. The first-order chi connectivity index (χ1) is 8.50. The van der Waals surface area contributed by atoms with Crippen LogP contribution < -0.4 is 10.5 Å². The quantitative estimate of drug-likeness (QED) is 0.880. The van der Waals surface area contributed by atoms with Crippen molar-refractivity contribution in [2.75, 3.05) is 6.61 Å². The van der Waals surface area contributed by atoms with Crippen molar-refractivity contribution >= 4 is 0 Å². The Kier molecular flexibility index (Phi) is 3.80. The summed E-state index contributed by atoms with van der Waals surface area (Å²) in [5.41, 5.74) is 4.70. The Morgan fingerprint density at radius 2 is 2.00 bits per heavy atom. The van der Waals surface area contributed by atoms with Gasteiger partial charge >= 0.3 is 6.18 Å². The number of rotatable bonds is 5. The number of alkyl halides is 3. The number of ether oxygens (including phenoxy) is 1. The van der Waals surface area contributed by atoms with Crippen LogP contribution >= 0.6 is 0 Å². The molecular weight excluding hydrogens is 243 g/mol. The normalized spacial score (nSPS) is 15.8. The molecule has 2 N–H and O–H groups in total. The van der Waals surface area contributed by atoms with E-state index in [4.69, 9.17) is 10.5 Å². The van der Waals surface area contributed by atoms with Crippen molar-refractivity contribution < 1.29 is 17.9 Å². The summed E-state index contributed by atoms with van der Waals surface area (Å²) in [6.45, 7) is 0.348. The standard InChI is InChI=1S/C13H16F3NO/c14-13(15,16)12-7-11(4-3-10(12)8-17)18-6-5-9-1-2-9/h3-4,7,9H,1-2,5-6,8,17H2. The van der Waals surface area contributed by atoms with Gasteiger partial charge in [0.15, 0.2) is 0 Å². The summed E-state index contributed by atoms with van der Waals surface area (Å²) in [6, 6.07) is 3.97. The first-order valence-electron chi connectivity index (χ1n) is 6.03. The minimum atomic E-state index is -4.38. The van der Waals surface area contributed by atoms with E-state index in [1.807, 2.05) is 0 Å². The van der Waals surface area contributed by atoms with Gasteiger partial charge in [-0.15, -0.1) is 0 Å². The van der Waals surface area contributed by atoms with Gasteiger partial charge in [-0.3, -0.25) is 0 Å². The monoisotopic (exact) mass is 259 g/mol. The van der Waals surface area contributed by atoms with Gasteiger partial charge in [0.1, 0.15) is 5.75 Å². The summed E-state index contributed by atoms with van der Waals surface area (Å²) in [5.74, 6) is 0.968. The highest BCUT2D eigenvalue weighted by atomic mass is 19.4. The third-order valence-electron chi connectivity index (χ3n) is 3.10. The second kappa shape index (κ2) is 5.18. The fourth-order valence-corrected chi connectivity index (χ4v) is 1.84. The number of halogens is 3. The lowest BCUT2D eigenvalue weighted by atomic mass is 10.1. The topological polar surface area (TPSA) is 35.2 Å². The summed E-state index contributed by atoms with van der Waals surface area (Å²) >= 11 is 0. The van der Waals surface area contributed by atoms with Crippen molar-refractivity contribution in [2.45, 2.75) is 32.0 Å². The van der Waals surface area contributed by atoms with E-state index in [0.29, 0.717) is 12.5 Å². The predicted octanol–water partition coefficient (Wildman–Crippen LogP) is 3.34. The lowest BCUT2D eigenvalue weighted by Crippen LogP contribution is -2.12. The molecule has 1 aliphatic rings. The van der Waals surface area contributed by atoms with Gasteiger partial charge in [0.2, 0.25) is 0 Å².